The number of hydrogen-bond acceptors (Lipinski definition) is 6. The number of thiophene rings is 1. The molecule has 1 amide bonds. The third-order valence-electron chi connectivity index (χ3n) is 5.20. The molecule has 1 atom stereocenters. The molecule has 1 aliphatic rings. The molecule has 0 aliphatic carbocycles. The zero-order chi connectivity index (χ0) is 23.8. The Labute approximate surface area is 202 Å². The van der Waals surface area contributed by atoms with Crippen molar-refractivity contribution in [3.05, 3.63) is 63.3 Å². The number of fused-ring (bicyclic) bond motifs is 1. The highest BCUT2D eigenvalue weighted by atomic mass is 35.5. The molecule has 0 saturated heterocycles. The number of anilines is 1. The lowest BCUT2D eigenvalue weighted by Crippen LogP contribution is -2.23. The van der Waals surface area contributed by atoms with Crippen molar-refractivity contribution in [2.45, 2.75) is 49.0 Å². The number of ether oxygens (including phenoxy) is 2. The normalized spacial score (nSPS) is 15.8. The van der Waals surface area contributed by atoms with Crippen LogP contribution in [-0.2, 0) is 14.6 Å². The lowest BCUT2D eigenvalue weighted by atomic mass is 9.90. The van der Waals surface area contributed by atoms with Gasteiger partial charge in [-0.05, 0) is 62.7 Å². The van der Waals surface area contributed by atoms with E-state index in [1.807, 2.05) is 39.0 Å². The third kappa shape index (κ3) is 4.74. The summed E-state index contributed by atoms with van der Waals surface area (Å²) >= 11 is 7.24. The van der Waals surface area contributed by atoms with Crippen LogP contribution in [0.15, 0.2) is 57.6 Å². The molecule has 0 bridgehead atoms. The first-order valence-corrected chi connectivity index (χ1v) is 13.3. The average molecular weight is 506 g/mol. The zero-order valence-electron chi connectivity index (χ0n) is 18.4. The molecule has 1 aromatic heterocycles. The Bertz CT molecular complexity index is 1280. The molecule has 0 saturated carbocycles. The number of rotatable bonds is 7. The Morgan fingerprint density at radius 3 is 2.55 bits per heavy atom. The summed E-state index contributed by atoms with van der Waals surface area (Å²) in [5.74, 6) is 0.703. The number of sulfone groups is 1. The highest BCUT2D eigenvalue weighted by Gasteiger charge is 2.34. The quantitative estimate of drug-likeness (QED) is 0.432. The molecular formula is C24H24ClNO5S2. The van der Waals surface area contributed by atoms with Gasteiger partial charge < -0.3 is 14.8 Å². The maximum atomic E-state index is 13.3. The number of halogens is 1. The molecular weight excluding hydrogens is 482 g/mol. The summed E-state index contributed by atoms with van der Waals surface area (Å²) in [5, 5.41) is 4.82. The number of amides is 1. The van der Waals surface area contributed by atoms with Crippen molar-refractivity contribution in [2.24, 2.45) is 0 Å². The molecule has 2 heterocycles. The van der Waals surface area contributed by atoms with Gasteiger partial charge in [0.15, 0.2) is 11.5 Å². The molecule has 1 N–H and O–H groups in total. The lowest BCUT2D eigenvalue weighted by molar-refractivity contribution is -0.116. The first-order valence-electron chi connectivity index (χ1n) is 10.6. The van der Waals surface area contributed by atoms with E-state index < -0.39 is 9.84 Å². The second-order valence-corrected chi connectivity index (χ2v) is 11.2. The molecule has 0 fully saturated rings. The van der Waals surface area contributed by atoms with Gasteiger partial charge in [-0.15, -0.1) is 11.3 Å². The molecule has 0 spiro atoms. The molecule has 0 unspecified atom stereocenters. The van der Waals surface area contributed by atoms with Crippen LogP contribution in [-0.4, -0.2) is 27.0 Å². The Morgan fingerprint density at radius 2 is 1.88 bits per heavy atom. The Kier molecular flexibility index (Phi) is 6.70. The van der Waals surface area contributed by atoms with Crippen molar-refractivity contribution < 1.29 is 22.7 Å². The molecule has 4 rings (SSSR count). The predicted molar refractivity (Wildman–Crippen MR) is 130 cm³/mol. The molecule has 0 radical (unpaired) electrons. The second-order valence-electron chi connectivity index (χ2n) is 7.91. The van der Waals surface area contributed by atoms with Gasteiger partial charge in [0.2, 0.25) is 15.7 Å². The van der Waals surface area contributed by atoms with E-state index >= 15 is 0 Å². The van der Waals surface area contributed by atoms with E-state index in [2.05, 4.69) is 5.32 Å². The van der Waals surface area contributed by atoms with E-state index in [1.54, 1.807) is 5.38 Å². The van der Waals surface area contributed by atoms with Gasteiger partial charge in [0.1, 0.15) is 4.90 Å². The van der Waals surface area contributed by atoms with E-state index in [1.165, 1.54) is 35.6 Å². The fourth-order valence-corrected chi connectivity index (χ4v) is 6.81. The summed E-state index contributed by atoms with van der Waals surface area (Å²) in [7, 11) is -3.83. The second kappa shape index (κ2) is 9.37. The number of nitrogens with one attached hydrogen (secondary N) is 1. The van der Waals surface area contributed by atoms with Crippen molar-refractivity contribution in [2.75, 3.05) is 11.9 Å². The first-order chi connectivity index (χ1) is 15.7. The molecule has 174 valence electrons. The number of carbonyl (C=O) groups is 1. The first kappa shape index (κ1) is 23.6. The van der Waals surface area contributed by atoms with Gasteiger partial charge in [0.25, 0.3) is 0 Å². The van der Waals surface area contributed by atoms with Crippen LogP contribution in [0.5, 0.6) is 11.5 Å². The average Bonchev–Trinajstić information content (AvgIpc) is 3.19. The summed E-state index contributed by atoms with van der Waals surface area (Å²) in [4.78, 5) is 13.6. The van der Waals surface area contributed by atoms with Crippen molar-refractivity contribution in [3.8, 4) is 11.5 Å². The van der Waals surface area contributed by atoms with E-state index in [0.29, 0.717) is 28.8 Å². The topological polar surface area (TPSA) is 81.7 Å². The molecule has 9 heteroatoms. The minimum absolute atomic E-state index is 0.0138. The van der Waals surface area contributed by atoms with E-state index in [9.17, 15) is 13.2 Å². The van der Waals surface area contributed by atoms with E-state index in [4.69, 9.17) is 21.1 Å². The molecule has 2 aromatic carbocycles. The van der Waals surface area contributed by atoms with Crippen LogP contribution >= 0.6 is 22.9 Å². The monoisotopic (exact) mass is 505 g/mol. The molecule has 33 heavy (non-hydrogen) atoms. The van der Waals surface area contributed by atoms with Gasteiger partial charge in [0, 0.05) is 27.6 Å². The van der Waals surface area contributed by atoms with Gasteiger partial charge in [-0.25, -0.2) is 8.42 Å². The Morgan fingerprint density at radius 1 is 1.15 bits per heavy atom. The highest BCUT2D eigenvalue weighted by molar-refractivity contribution is 7.91. The standard InChI is InChI=1S/C24H24ClNO5S2/c1-4-30-20-11-15(5-10-19(20)31-14(2)3)18-12-22(27)26-23-21(13-32-24(18)23)33(28,29)17-8-6-16(25)7-9-17/h5-11,13-14,18H,4,12H2,1-3H3,(H,26,27)/t18-/m1/s1. The third-order valence-corrected chi connectivity index (χ3v) is 8.49. The number of hydrogen-bond donors (Lipinski definition) is 1. The minimum atomic E-state index is -3.83. The van der Waals surface area contributed by atoms with Gasteiger partial charge in [0.05, 0.1) is 23.3 Å². The Balaban J connectivity index is 1.77. The smallest absolute Gasteiger partial charge is 0.225 e. The van der Waals surface area contributed by atoms with Crippen LogP contribution in [0, 0.1) is 0 Å². The van der Waals surface area contributed by atoms with Crippen molar-refractivity contribution in [1.82, 2.24) is 0 Å². The number of carbonyl (C=O) groups excluding carboxylic acids is 1. The predicted octanol–water partition coefficient (Wildman–Crippen LogP) is 5.89. The lowest BCUT2D eigenvalue weighted by Gasteiger charge is -2.25. The van der Waals surface area contributed by atoms with Gasteiger partial charge >= 0.3 is 0 Å². The summed E-state index contributed by atoms with van der Waals surface area (Å²) in [6, 6.07) is 11.6. The maximum Gasteiger partial charge on any atom is 0.225 e. The fraction of sp³-hybridized carbons (Fsp3) is 0.292. The van der Waals surface area contributed by atoms with Gasteiger partial charge in [-0.2, -0.15) is 0 Å². The van der Waals surface area contributed by atoms with Crippen LogP contribution in [0.4, 0.5) is 5.69 Å². The Hall–Kier alpha value is -2.55. The fourth-order valence-electron chi connectivity index (χ4n) is 3.77. The van der Waals surface area contributed by atoms with E-state index in [0.717, 1.165) is 10.4 Å². The van der Waals surface area contributed by atoms with Crippen molar-refractivity contribution >= 4 is 44.4 Å². The van der Waals surface area contributed by atoms with Crippen molar-refractivity contribution in [3.63, 3.8) is 0 Å². The van der Waals surface area contributed by atoms with Crippen LogP contribution < -0.4 is 14.8 Å². The maximum absolute atomic E-state index is 13.3. The van der Waals surface area contributed by atoms with Gasteiger partial charge in [-0.1, -0.05) is 17.7 Å². The summed E-state index contributed by atoms with van der Waals surface area (Å²) < 4.78 is 38.2. The molecule has 3 aromatic rings. The number of benzene rings is 2. The zero-order valence-corrected chi connectivity index (χ0v) is 20.8. The SMILES string of the molecule is CCOc1cc([C@H]2CC(=O)Nc3c(S(=O)(=O)c4ccc(Cl)cc4)csc32)ccc1OC(C)C. The van der Waals surface area contributed by atoms with Crippen LogP contribution in [0.25, 0.3) is 0 Å². The molecule has 1 aliphatic heterocycles. The van der Waals surface area contributed by atoms with Crippen LogP contribution in [0.3, 0.4) is 0 Å². The summed E-state index contributed by atoms with van der Waals surface area (Å²) in [6.45, 7) is 6.24. The van der Waals surface area contributed by atoms with Gasteiger partial charge in [-0.3, -0.25) is 4.79 Å². The largest absolute Gasteiger partial charge is 0.490 e. The minimum Gasteiger partial charge on any atom is -0.490 e. The van der Waals surface area contributed by atoms with Crippen LogP contribution in [0.2, 0.25) is 5.02 Å². The van der Waals surface area contributed by atoms with Crippen molar-refractivity contribution in [1.29, 1.82) is 0 Å². The van der Waals surface area contributed by atoms with E-state index in [-0.39, 0.29) is 34.1 Å². The van der Waals surface area contributed by atoms with Crippen LogP contribution in [0.1, 0.15) is 43.6 Å². The summed E-state index contributed by atoms with van der Waals surface area (Å²) in [5.41, 5.74) is 1.21. The highest BCUT2D eigenvalue weighted by Crippen LogP contribution is 2.47. The molecule has 6 nitrogen and oxygen atoms in total. The summed E-state index contributed by atoms with van der Waals surface area (Å²) in [6.07, 6.45) is 0.198.